The van der Waals surface area contributed by atoms with E-state index < -0.39 is 21.7 Å². The molecule has 0 bridgehead atoms. The van der Waals surface area contributed by atoms with Crippen LogP contribution < -0.4 is 5.73 Å². The number of carbonyl (C=O) groups excluding carboxylic acids is 1. The van der Waals surface area contributed by atoms with Crippen molar-refractivity contribution in [2.45, 2.75) is 31.2 Å². The molecular weight excluding hydrogens is 517 g/mol. The number of nitrogens with two attached hydrogens (primary N) is 1. The molecule has 1 amide bonds. The Bertz CT molecular complexity index is 1400. The summed E-state index contributed by atoms with van der Waals surface area (Å²) in [6, 6.07) is 17.0. The van der Waals surface area contributed by atoms with Crippen molar-refractivity contribution in [1.29, 1.82) is 5.26 Å². The van der Waals surface area contributed by atoms with Crippen molar-refractivity contribution in [2.75, 3.05) is 19.3 Å². The molecule has 0 heterocycles. The van der Waals surface area contributed by atoms with Crippen LogP contribution in [-0.4, -0.2) is 38.6 Å². The third kappa shape index (κ3) is 6.08. The van der Waals surface area contributed by atoms with Gasteiger partial charge in [0.1, 0.15) is 0 Å². The molecule has 9 heteroatoms. The normalized spacial score (nSPS) is 12.4. The van der Waals surface area contributed by atoms with E-state index in [0.717, 1.165) is 24.9 Å². The van der Waals surface area contributed by atoms with Crippen LogP contribution in [0.2, 0.25) is 10.0 Å². The SMILES string of the molecule is CCN(CC)Cc1ccc(-c2c(Cl)cc(C(C(N)=O)c3ccc(S(C)(=O)=O)cc3)cc2Cl)cc1C#N. The van der Waals surface area contributed by atoms with Gasteiger partial charge in [-0.2, -0.15) is 5.26 Å². The molecule has 188 valence electrons. The number of halogens is 2. The Labute approximate surface area is 222 Å². The zero-order chi connectivity index (χ0) is 26.6. The third-order valence-corrected chi connectivity index (χ3v) is 7.86. The molecule has 0 radical (unpaired) electrons. The summed E-state index contributed by atoms with van der Waals surface area (Å²) in [5.41, 5.74) is 9.39. The molecule has 3 rings (SSSR count). The number of rotatable bonds is 9. The van der Waals surface area contributed by atoms with E-state index in [1.165, 1.54) is 12.1 Å². The molecule has 0 aliphatic heterocycles. The van der Waals surface area contributed by atoms with E-state index in [9.17, 15) is 18.5 Å². The van der Waals surface area contributed by atoms with Gasteiger partial charge in [0.15, 0.2) is 9.84 Å². The van der Waals surface area contributed by atoms with E-state index in [2.05, 4.69) is 24.8 Å². The molecular formula is C27H27Cl2N3O3S. The van der Waals surface area contributed by atoms with Crippen molar-refractivity contribution >= 4 is 38.9 Å². The molecule has 0 aliphatic carbocycles. The van der Waals surface area contributed by atoms with Crippen molar-refractivity contribution in [3.63, 3.8) is 0 Å². The van der Waals surface area contributed by atoms with E-state index in [0.29, 0.717) is 44.4 Å². The van der Waals surface area contributed by atoms with E-state index in [1.54, 1.807) is 30.3 Å². The lowest BCUT2D eigenvalue weighted by atomic mass is 9.89. The second-order valence-corrected chi connectivity index (χ2v) is 11.3. The van der Waals surface area contributed by atoms with E-state index in [4.69, 9.17) is 28.9 Å². The van der Waals surface area contributed by atoms with Gasteiger partial charge in [-0.25, -0.2) is 8.42 Å². The van der Waals surface area contributed by atoms with Crippen LogP contribution in [0.25, 0.3) is 11.1 Å². The summed E-state index contributed by atoms with van der Waals surface area (Å²) in [5.74, 6) is -1.51. The van der Waals surface area contributed by atoms with Gasteiger partial charge in [0.05, 0.1) is 32.5 Å². The van der Waals surface area contributed by atoms with Crippen LogP contribution >= 0.6 is 23.2 Å². The Morgan fingerprint density at radius 2 is 1.58 bits per heavy atom. The number of nitriles is 1. The minimum Gasteiger partial charge on any atom is -0.369 e. The number of carbonyl (C=O) groups is 1. The van der Waals surface area contributed by atoms with Crippen molar-refractivity contribution in [1.82, 2.24) is 4.90 Å². The molecule has 0 spiro atoms. The van der Waals surface area contributed by atoms with Crippen LogP contribution in [0.4, 0.5) is 0 Å². The molecule has 1 unspecified atom stereocenters. The Balaban J connectivity index is 2.03. The van der Waals surface area contributed by atoms with Gasteiger partial charge in [0.2, 0.25) is 5.91 Å². The maximum Gasteiger partial charge on any atom is 0.229 e. The van der Waals surface area contributed by atoms with Gasteiger partial charge >= 0.3 is 0 Å². The fourth-order valence-electron chi connectivity index (χ4n) is 4.13. The standard InChI is InChI=1S/C27H27Cl2N3O3S/c1-4-32(5-2)16-19-7-6-18(12-21(19)15-30)26-23(28)13-20(14-24(26)29)25(27(31)33)17-8-10-22(11-9-17)36(3,34)35/h6-14,25H,4-5,16H2,1-3H3,(H2,31,33). The summed E-state index contributed by atoms with van der Waals surface area (Å²) in [4.78, 5) is 14.8. The first-order valence-electron chi connectivity index (χ1n) is 11.3. The van der Waals surface area contributed by atoms with Gasteiger partial charge in [0.25, 0.3) is 0 Å². The summed E-state index contributed by atoms with van der Waals surface area (Å²) in [6.45, 7) is 6.56. The predicted octanol–water partition coefficient (Wildman–Crippen LogP) is 5.39. The van der Waals surface area contributed by atoms with Crippen LogP contribution in [0.3, 0.4) is 0 Å². The number of amides is 1. The zero-order valence-electron chi connectivity index (χ0n) is 20.3. The first-order valence-corrected chi connectivity index (χ1v) is 14.0. The van der Waals surface area contributed by atoms with Gasteiger partial charge in [-0.3, -0.25) is 9.69 Å². The molecule has 0 fully saturated rings. The van der Waals surface area contributed by atoms with Gasteiger partial charge in [-0.1, -0.05) is 61.3 Å². The van der Waals surface area contributed by atoms with Crippen LogP contribution in [0.5, 0.6) is 0 Å². The number of hydrogen-bond donors (Lipinski definition) is 1. The largest absolute Gasteiger partial charge is 0.369 e. The minimum absolute atomic E-state index is 0.138. The average molecular weight is 545 g/mol. The molecule has 0 saturated carbocycles. The van der Waals surface area contributed by atoms with Crippen molar-refractivity contribution in [3.05, 3.63) is 86.9 Å². The zero-order valence-corrected chi connectivity index (χ0v) is 22.6. The summed E-state index contributed by atoms with van der Waals surface area (Å²) < 4.78 is 23.6. The molecule has 3 aromatic rings. The fraction of sp³-hybridized carbons (Fsp3) is 0.259. The summed E-state index contributed by atoms with van der Waals surface area (Å²) in [7, 11) is -3.38. The van der Waals surface area contributed by atoms with Crippen molar-refractivity contribution in [2.24, 2.45) is 5.73 Å². The maximum absolute atomic E-state index is 12.4. The highest BCUT2D eigenvalue weighted by Crippen LogP contribution is 2.39. The second-order valence-electron chi connectivity index (χ2n) is 8.48. The predicted molar refractivity (Wildman–Crippen MR) is 144 cm³/mol. The number of sulfone groups is 1. The fourth-order valence-corrected chi connectivity index (χ4v) is 5.48. The third-order valence-electron chi connectivity index (χ3n) is 6.13. The Morgan fingerprint density at radius 1 is 1.00 bits per heavy atom. The van der Waals surface area contributed by atoms with Crippen molar-refractivity contribution < 1.29 is 13.2 Å². The lowest BCUT2D eigenvalue weighted by Gasteiger charge is -2.20. The molecule has 2 N–H and O–H groups in total. The number of nitrogens with zero attached hydrogens (tertiary/aromatic N) is 2. The quantitative estimate of drug-likeness (QED) is 0.389. The Morgan fingerprint density at radius 3 is 2.06 bits per heavy atom. The lowest BCUT2D eigenvalue weighted by Crippen LogP contribution is -2.22. The van der Waals surface area contributed by atoms with E-state index >= 15 is 0 Å². The van der Waals surface area contributed by atoms with Crippen LogP contribution in [0, 0.1) is 11.3 Å². The van der Waals surface area contributed by atoms with Gasteiger partial charge in [-0.15, -0.1) is 0 Å². The second kappa shape index (κ2) is 11.4. The van der Waals surface area contributed by atoms with E-state index in [-0.39, 0.29) is 4.90 Å². The Hall–Kier alpha value is -2.89. The molecule has 6 nitrogen and oxygen atoms in total. The lowest BCUT2D eigenvalue weighted by molar-refractivity contribution is -0.118. The topological polar surface area (TPSA) is 104 Å². The summed E-state index contributed by atoms with van der Waals surface area (Å²) >= 11 is 13.3. The monoisotopic (exact) mass is 543 g/mol. The molecule has 36 heavy (non-hydrogen) atoms. The number of primary amides is 1. The number of hydrogen-bond acceptors (Lipinski definition) is 5. The number of benzene rings is 3. The van der Waals surface area contributed by atoms with Gasteiger partial charge in [0, 0.05) is 18.4 Å². The molecule has 3 aromatic carbocycles. The van der Waals surface area contributed by atoms with Gasteiger partial charge in [-0.05, 0) is 65.7 Å². The first kappa shape index (κ1) is 27.7. The molecule has 0 aromatic heterocycles. The molecule has 0 saturated heterocycles. The summed E-state index contributed by atoms with van der Waals surface area (Å²) in [5, 5.41) is 10.3. The van der Waals surface area contributed by atoms with Gasteiger partial charge < -0.3 is 5.73 Å². The van der Waals surface area contributed by atoms with Crippen LogP contribution in [0.15, 0.2) is 59.5 Å². The Kier molecular flexibility index (Phi) is 8.80. The minimum atomic E-state index is -3.38. The van der Waals surface area contributed by atoms with E-state index in [1.807, 2.05) is 12.1 Å². The van der Waals surface area contributed by atoms with Crippen LogP contribution in [0.1, 0.15) is 42.0 Å². The van der Waals surface area contributed by atoms with Crippen LogP contribution in [-0.2, 0) is 21.2 Å². The van der Waals surface area contributed by atoms with Crippen molar-refractivity contribution in [3.8, 4) is 17.2 Å². The average Bonchev–Trinajstić information content (AvgIpc) is 2.82. The maximum atomic E-state index is 12.4. The highest BCUT2D eigenvalue weighted by Gasteiger charge is 2.24. The molecule has 0 aliphatic rings. The summed E-state index contributed by atoms with van der Waals surface area (Å²) in [6.07, 6.45) is 1.11. The molecule has 1 atom stereocenters. The highest BCUT2D eigenvalue weighted by molar-refractivity contribution is 7.90. The first-order chi connectivity index (χ1) is 17.0. The smallest absolute Gasteiger partial charge is 0.229 e. The highest BCUT2D eigenvalue weighted by atomic mass is 35.5.